The molecule has 0 radical (unpaired) electrons. The number of amides is 1. The number of fused-ring (bicyclic) bond motifs is 1. The zero-order valence-corrected chi connectivity index (χ0v) is 26.5. The van der Waals surface area contributed by atoms with Crippen LogP contribution in [0.15, 0.2) is 46.9 Å². The van der Waals surface area contributed by atoms with Crippen LogP contribution >= 0.6 is 11.3 Å². The molecule has 1 amide bonds. The van der Waals surface area contributed by atoms with Crippen molar-refractivity contribution >= 4 is 49.3 Å². The van der Waals surface area contributed by atoms with E-state index >= 15 is 4.39 Å². The number of aryl methyl sites for hydroxylation is 1. The number of piperazine rings is 1. The third kappa shape index (κ3) is 6.81. The van der Waals surface area contributed by atoms with E-state index in [0.717, 1.165) is 16.7 Å². The zero-order chi connectivity index (χ0) is 31.6. The highest BCUT2D eigenvalue weighted by molar-refractivity contribution is 7.91. The van der Waals surface area contributed by atoms with E-state index in [1.165, 1.54) is 10.6 Å². The lowest BCUT2D eigenvalue weighted by atomic mass is 9.99. The van der Waals surface area contributed by atoms with Crippen LogP contribution in [-0.2, 0) is 16.6 Å². The second-order valence-corrected chi connectivity index (χ2v) is 14.1. The van der Waals surface area contributed by atoms with Crippen molar-refractivity contribution in [3.05, 3.63) is 59.8 Å². The van der Waals surface area contributed by atoms with E-state index in [0.29, 0.717) is 67.3 Å². The number of sulfonamides is 1. The van der Waals surface area contributed by atoms with Gasteiger partial charge in [-0.2, -0.15) is 4.31 Å². The average molecular weight is 643 g/mol. The fourth-order valence-corrected chi connectivity index (χ4v) is 8.33. The Bertz CT molecular complexity index is 1770. The predicted molar refractivity (Wildman–Crippen MR) is 169 cm³/mol. The van der Waals surface area contributed by atoms with Crippen molar-refractivity contribution in [2.24, 2.45) is 0 Å². The van der Waals surface area contributed by atoms with Gasteiger partial charge in [-0.25, -0.2) is 32.6 Å². The minimum Gasteiger partial charge on any atom is -0.465 e. The monoisotopic (exact) mass is 642 g/mol. The normalized spacial score (nSPS) is 15.5. The Morgan fingerprint density at radius 2 is 1.82 bits per heavy atom. The smallest absolute Gasteiger partial charge is 0.410 e. The Kier molecular flexibility index (Phi) is 9.41. The molecule has 0 saturated carbocycles. The maximum Gasteiger partial charge on any atom is 0.410 e. The molecule has 2 aromatic heterocycles. The average Bonchev–Trinajstić information content (AvgIpc) is 3.34. The van der Waals surface area contributed by atoms with Crippen molar-refractivity contribution in [3.8, 4) is 11.1 Å². The quantitative estimate of drug-likeness (QED) is 0.231. The summed E-state index contributed by atoms with van der Waals surface area (Å²) in [5.41, 5.74) is 2.71. The Labute approximate surface area is 259 Å². The molecule has 234 valence electrons. The highest BCUT2D eigenvalue weighted by Crippen LogP contribution is 2.33. The van der Waals surface area contributed by atoms with Crippen LogP contribution in [0.3, 0.4) is 0 Å². The number of para-hydroxylation sites is 1. The Morgan fingerprint density at radius 3 is 2.52 bits per heavy atom. The number of hydrogen-bond donors (Lipinski definition) is 3. The maximum absolute atomic E-state index is 15.5. The van der Waals surface area contributed by atoms with Gasteiger partial charge in [0, 0.05) is 67.4 Å². The first-order valence-corrected chi connectivity index (χ1v) is 16.3. The van der Waals surface area contributed by atoms with Gasteiger partial charge < -0.3 is 15.3 Å². The van der Waals surface area contributed by atoms with Crippen molar-refractivity contribution in [1.82, 2.24) is 29.1 Å². The summed E-state index contributed by atoms with van der Waals surface area (Å²) in [7, 11) is 0.00320. The SMILES string of the molecule is Cc1nc(NC(=O)O)sc1S(=O)(=O)N1CCN(C[C@H](C)Nc2ncnc3c(-c4cccc(CN(C)C)c4F)cccc23)CC1. The number of rotatable bonds is 10. The molecule has 44 heavy (non-hydrogen) atoms. The van der Waals surface area contributed by atoms with Crippen LogP contribution < -0.4 is 10.6 Å². The standard InChI is InChI=1S/C29H35FN8O4S2/c1-18(15-37-11-13-38(14-12-37)44(41,42)27-19(2)34-28(43-27)35-29(39)40)33-26-23-10-6-9-22(25(23)31-17-32-26)21-8-5-7-20(24(21)30)16-36(3)4/h5-10,17-18H,11-16H2,1-4H3,(H,34,35)(H,39,40)(H,31,32,33)/t18-/m0/s1. The molecule has 1 saturated heterocycles. The van der Waals surface area contributed by atoms with E-state index < -0.39 is 16.1 Å². The second kappa shape index (κ2) is 13.1. The van der Waals surface area contributed by atoms with E-state index in [4.69, 9.17) is 5.11 Å². The predicted octanol–water partition coefficient (Wildman–Crippen LogP) is 4.16. The molecule has 5 rings (SSSR count). The molecule has 1 atom stereocenters. The van der Waals surface area contributed by atoms with E-state index in [-0.39, 0.29) is 26.9 Å². The molecule has 3 heterocycles. The van der Waals surface area contributed by atoms with Crippen molar-refractivity contribution in [2.75, 3.05) is 57.5 Å². The molecule has 1 aliphatic heterocycles. The maximum atomic E-state index is 15.5. The lowest BCUT2D eigenvalue weighted by Gasteiger charge is -2.35. The molecule has 2 aromatic carbocycles. The molecule has 3 N–H and O–H groups in total. The fraction of sp³-hybridized carbons (Fsp3) is 0.379. The van der Waals surface area contributed by atoms with Gasteiger partial charge in [0.25, 0.3) is 10.0 Å². The molecule has 0 aliphatic carbocycles. The lowest BCUT2D eigenvalue weighted by Crippen LogP contribution is -2.50. The van der Waals surface area contributed by atoms with Gasteiger partial charge in [-0.1, -0.05) is 41.7 Å². The van der Waals surface area contributed by atoms with Crippen LogP contribution in [0, 0.1) is 12.7 Å². The Balaban J connectivity index is 1.26. The van der Waals surface area contributed by atoms with Crippen molar-refractivity contribution in [2.45, 2.75) is 30.6 Å². The van der Waals surface area contributed by atoms with Crippen molar-refractivity contribution in [3.63, 3.8) is 0 Å². The van der Waals surface area contributed by atoms with Gasteiger partial charge >= 0.3 is 6.09 Å². The van der Waals surface area contributed by atoms with Gasteiger partial charge in [-0.05, 0) is 34.0 Å². The van der Waals surface area contributed by atoms with Crippen LogP contribution in [0.1, 0.15) is 18.2 Å². The summed E-state index contributed by atoms with van der Waals surface area (Å²) in [6.07, 6.45) is 0.180. The number of nitrogens with one attached hydrogen (secondary N) is 2. The zero-order valence-electron chi connectivity index (χ0n) is 24.9. The number of carbonyl (C=O) groups is 1. The van der Waals surface area contributed by atoms with Crippen LogP contribution in [0.25, 0.3) is 22.0 Å². The summed E-state index contributed by atoms with van der Waals surface area (Å²) in [6.45, 7) is 6.37. The van der Waals surface area contributed by atoms with E-state index in [9.17, 15) is 13.2 Å². The minimum absolute atomic E-state index is 0.0273. The number of halogens is 1. The summed E-state index contributed by atoms with van der Waals surface area (Å²) >= 11 is 0.814. The molecular formula is C29H35FN8O4S2. The molecule has 0 spiro atoms. The number of benzene rings is 2. The Hall–Kier alpha value is -3.76. The summed E-state index contributed by atoms with van der Waals surface area (Å²) in [5, 5.41) is 15.3. The first-order valence-electron chi connectivity index (χ1n) is 14.1. The fourth-order valence-electron chi connectivity index (χ4n) is 5.37. The molecule has 1 aliphatic rings. The topological polar surface area (TPSA) is 144 Å². The summed E-state index contributed by atoms with van der Waals surface area (Å²) in [6, 6.07) is 11.0. The van der Waals surface area contributed by atoms with Gasteiger partial charge in [0.15, 0.2) is 9.34 Å². The van der Waals surface area contributed by atoms with E-state index in [1.807, 2.05) is 50.2 Å². The van der Waals surface area contributed by atoms with Crippen LogP contribution in [0.5, 0.6) is 0 Å². The number of carboxylic acid groups (broad SMARTS) is 1. The number of nitrogens with zero attached hydrogens (tertiary/aromatic N) is 6. The van der Waals surface area contributed by atoms with Crippen molar-refractivity contribution < 1.29 is 22.7 Å². The molecule has 15 heteroatoms. The summed E-state index contributed by atoms with van der Waals surface area (Å²) in [4.78, 5) is 28.1. The first kappa shape index (κ1) is 31.7. The van der Waals surface area contributed by atoms with Gasteiger partial charge in [-0.15, -0.1) is 0 Å². The summed E-state index contributed by atoms with van der Waals surface area (Å²) in [5.74, 6) is 0.376. The molecule has 1 fully saturated rings. The van der Waals surface area contributed by atoms with Gasteiger partial charge in [0.05, 0.1) is 11.2 Å². The third-order valence-corrected chi connectivity index (χ3v) is 10.9. The first-order chi connectivity index (χ1) is 20.9. The van der Waals surface area contributed by atoms with E-state index in [1.54, 1.807) is 19.1 Å². The number of anilines is 2. The highest BCUT2D eigenvalue weighted by Gasteiger charge is 2.32. The third-order valence-electron chi connectivity index (χ3n) is 7.31. The molecule has 4 aromatic rings. The van der Waals surface area contributed by atoms with Crippen LogP contribution in [0.2, 0.25) is 0 Å². The van der Waals surface area contributed by atoms with Gasteiger partial charge in [0.1, 0.15) is 18.0 Å². The minimum atomic E-state index is -3.80. The molecule has 0 bridgehead atoms. The molecule has 0 unspecified atom stereocenters. The largest absolute Gasteiger partial charge is 0.465 e. The second-order valence-electron chi connectivity index (χ2n) is 11.0. The van der Waals surface area contributed by atoms with Gasteiger partial charge in [0.2, 0.25) is 0 Å². The van der Waals surface area contributed by atoms with Crippen molar-refractivity contribution in [1.29, 1.82) is 0 Å². The van der Waals surface area contributed by atoms with Gasteiger partial charge in [-0.3, -0.25) is 10.2 Å². The number of aromatic nitrogens is 3. The van der Waals surface area contributed by atoms with Crippen LogP contribution in [0.4, 0.5) is 20.1 Å². The molecular weight excluding hydrogens is 608 g/mol. The lowest BCUT2D eigenvalue weighted by molar-refractivity contribution is 0.184. The number of thiazole rings is 1. The Morgan fingerprint density at radius 1 is 1.11 bits per heavy atom. The van der Waals surface area contributed by atoms with Crippen LogP contribution in [-0.4, -0.2) is 102 Å². The highest BCUT2D eigenvalue weighted by atomic mass is 32.2. The van der Waals surface area contributed by atoms with E-state index in [2.05, 4.69) is 30.5 Å². The molecule has 12 nitrogen and oxygen atoms in total. The summed E-state index contributed by atoms with van der Waals surface area (Å²) < 4.78 is 43.5. The number of hydrogen-bond acceptors (Lipinski definition) is 10.